The number of carbonyl (C=O) groups excluding carboxylic acids is 3. The van der Waals surface area contributed by atoms with Gasteiger partial charge in [0.15, 0.2) is 0 Å². The Hall–Kier alpha value is -3.15. The van der Waals surface area contributed by atoms with Crippen LogP contribution in [0.4, 0.5) is 10.5 Å². The van der Waals surface area contributed by atoms with Gasteiger partial charge in [-0.25, -0.2) is 9.59 Å². The first-order valence-electron chi connectivity index (χ1n) is 7.64. The van der Waals surface area contributed by atoms with Gasteiger partial charge in [0.25, 0.3) is 0 Å². The molecule has 6 heteroatoms. The molecule has 0 saturated heterocycles. The van der Waals surface area contributed by atoms with Crippen LogP contribution in [0.3, 0.4) is 0 Å². The van der Waals surface area contributed by atoms with Crippen molar-refractivity contribution in [2.45, 2.75) is 26.4 Å². The Morgan fingerprint density at radius 2 is 1.72 bits per heavy atom. The van der Waals surface area contributed by atoms with Crippen LogP contribution in [0.2, 0.25) is 0 Å². The maximum atomic E-state index is 12.1. The van der Waals surface area contributed by atoms with Gasteiger partial charge in [0.1, 0.15) is 17.6 Å². The molecule has 1 amide bonds. The first-order chi connectivity index (χ1) is 11.8. The summed E-state index contributed by atoms with van der Waals surface area (Å²) in [5.74, 6) is -0.287. The van der Waals surface area contributed by atoms with Gasteiger partial charge in [0.05, 0.1) is 5.56 Å². The Balaban J connectivity index is 2.04. The number of ether oxygens (including phenoxy) is 2. The molecule has 2 rings (SSSR count). The number of carbonyl (C=O) groups is 3. The van der Waals surface area contributed by atoms with E-state index in [9.17, 15) is 14.4 Å². The summed E-state index contributed by atoms with van der Waals surface area (Å²) in [4.78, 5) is 34.5. The van der Waals surface area contributed by atoms with Crippen molar-refractivity contribution < 1.29 is 23.9 Å². The van der Waals surface area contributed by atoms with Crippen molar-refractivity contribution in [2.75, 3.05) is 5.32 Å². The molecular weight excluding hydrogens is 322 g/mol. The van der Waals surface area contributed by atoms with E-state index in [2.05, 4.69) is 5.32 Å². The van der Waals surface area contributed by atoms with E-state index in [0.717, 1.165) is 0 Å². The topological polar surface area (TPSA) is 81.7 Å². The molecule has 0 saturated carbocycles. The second kappa shape index (κ2) is 7.61. The van der Waals surface area contributed by atoms with Gasteiger partial charge in [-0.2, -0.15) is 0 Å². The molecule has 0 heterocycles. The van der Waals surface area contributed by atoms with Gasteiger partial charge in [0, 0.05) is 17.3 Å². The number of aldehydes is 1. The minimum Gasteiger partial charge on any atom is -0.444 e. The lowest BCUT2D eigenvalue weighted by atomic mass is 10.1. The Morgan fingerprint density at radius 1 is 1.04 bits per heavy atom. The smallest absolute Gasteiger partial charge is 0.412 e. The van der Waals surface area contributed by atoms with Gasteiger partial charge >= 0.3 is 12.1 Å². The van der Waals surface area contributed by atoms with E-state index in [4.69, 9.17) is 9.47 Å². The SMILES string of the molecule is CC(C)(C)OC(=O)Nc1cccc(OC(=O)c2ccc(C=O)cc2)c1. The van der Waals surface area contributed by atoms with Crippen LogP contribution >= 0.6 is 0 Å². The van der Waals surface area contributed by atoms with Crippen molar-refractivity contribution in [2.24, 2.45) is 0 Å². The fourth-order valence-corrected chi connectivity index (χ4v) is 1.92. The molecule has 0 aliphatic heterocycles. The third-order valence-corrected chi connectivity index (χ3v) is 2.97. The van der Waals surface area contributed by atoms with Crippen LogP contribution < -0.4 is 10.1 Å². The van der Waals surface area contributed by atoms with Crippen LogP contribution in [0.15, 0.2) is 48.5 Å². The second-order valence-electron chi connectivity index (χ2n) is 6.28. The van der Waals surface area contributed by atoms with Crippen molar-refractivity contribution in [1.82, 2.24) is 0 Å². The van der Waals surface area contributed by atoms with Crippen LogP contribution in [0, 0.1) is 0 Å². The zero-order valence-electron chi connectivity index (χ0n) is 14.2. The molecule has 0 fully saturated rings. The fraction of sp³-hybridized carbons (Fsp3) is 0.211. The number of rotatable bonds is 4. The van der Waals surface area contributed by atoms with Gasteiger partial charge in [-0.15, -0.1) is 0 Å². The molecule has 6 nitrogen and oxygen atoms in total. The number of amides is 1. The van der Waals surface area contributed by atoms with E-state index in [-0.39, 0.29) is 5.75 Å². The van der Waals surface area contributed by atoms with E-state index >= 15 is 0 Å². The van der Waals surface area contributed by atoms with Gasteiger partial charge < -0.3 is 9.47 Å². The van der Waals surface area contributed by atoms with E-state index < -0.39 is 17.7 Å². The average molecular weight is 341 g/mol. The van der Waals surface area contributed by atoms with E-state index in [1.54, 1.807) is 39.0 Å². The number of benzene rings is 2. The number of anilines is 1. The van der Waals surface area contributed by atoms with Gasteiger partial charge in [-0.1, -0.05) is 18.2 Å². The first kappa shape index (κ1) is 18.2. The summed E-state index contributed by atoms with van der Waals surface area (Å²) in [5, 5.41) is 2.58. The van der Waals surface area contributed by atoms with Crippen molar-refractivity contribution >= 4 is 24.0 Å². The Morgan fingerprint density at radius 3 is 2.32 bits per heavy atom. The third-order valence-electron chi connectivity index (χ3n) is 2.97. The predicted octanol–water partition coefficient (Wildman–Crippen LogP) is 4.07. The summed E-state index contributed by atoms with van der Waals surface area (Å²) >= 11 is 0. The number of hydrogen-bond acceptors (Lipinski definition) is 5. The summed E-state index contributed by atoms with van der Waals surface area (Å²) in [6.07, 6.45) is 0.0985. The molecule has 0 aliphatic rings. The van der Waals surface area contributed by atoms with Crippen molar-refractivity contribution in [3.63, 3.8) is 0 Å². The lowest BCUT2D eigenvalue weighted by molar-refractivity contribution is 0.0635. The van der Waals surface area contributed by atoms with E-state index in [0.29, 0.717) is 23.1 Å². The molecule has 0 aliphatic carbocycles. The molecule has 2 aromatic carbocycles. The molecule has 0 radical (unpaired) electrons. The Bertz CT molecular complexity index is 775. The largest absolute Gasteiger partial charge is 0.444 e. The number of nitrogens with one attached hydrogen (secondary N) is 1. The number of esters is 1. The molecule has 2 aromatic rings. The van der Waals surface area contributed by atoms with Gasteiger partial charge in [-0.3, -0.25) is 10.1 Å². The lowest BCUT2D eigenvalue weighted by Gasteiger charge is -2.19. The van der Waals surface area contributed by atoms with Gasteiger partial charge in [0.2, 0.25) is 0 Å². The molecular formula is C19H19NO5. The van der Waals surface area contributed by atoms with Crippen LogP contribution in [-0.4, -0.2) is 23.9 Å². The zero-order chi connectivity index (χ0) is 18.4. The van der Waals surface area contributed by atoms with E-state index in [1.165, 1.54) is 30.3 Å². The van der Waals surface area contributed by atoms with Crippen molar-refractivity contribution in [3.05, 3.63) is 59.7 Å². The highest BCUT2D eigenvalue weighted by Crippen LogP contribution is 2.20. The highest BCUT2D eigenvalue weighted by molar-refractivity contribution is 5.92. The molecule has 0 atom stereocenters. The minimum absolute atomic E-state index is 0.276. The van der Waals surface area contributed by atoms with Crippen LogP contribution in [0.25, 0.3) is 0 Å². The summed E-state index contributed by atoms with van der Waals surface area (Å²) in [7, 11) is 0. The van der Waals surface area contributed by atoms with Crippen LogP contribution in [-0.2, 0) is 4.74 Å². The predicted molar refractivity (Wildman–Crippen MR) is 93.1 cm³/mol. The minimum atomic E-state index is -0.609. The maximum Gasteiger partial charge on any atom is 0.412 e. The summed E-state index contributed by atoms with van der Waals surface area (Å²) in [6.45, 7) is 5.29. The molecule has 130 valence electrons. The second-order valence-corrected chi connectivity index (χ2v) is 6.28. The molecule has 0 spiro atoms. The summed E-state index contributed by atoms with van der Waals surface area (Å²) in [5.41, 5.74) is 0.619. The fourth-order valence-electron chi connectivity index (χ4n) is 1.92. The summed E-state index contributed by atoms with van der Waals surface area (Å²) < 4.78 is 10.4. The van der Waals surface area contributed by atoms with Crippen molar-refractivity contribution in [1.29, 1.82) is 0 Å². The van der Waals surface area contributed by atoms with Crippen LogP contribution in [0.1, 0.15) is 41.5 Å². The van der Waals surface area contributed by atoms with Gasteiger partial charge in [-0.05, 0) is 45.0 Å². The maximum absolute atomic E-state index is 12.1. The Kier molecular flexibility index (Phi) is 5.54. The normalized spacial score (nSPS) is 10.7. The lowest BCUT2D eigenvalue weighted by Crippen LogP contribution is -2.27. The van der Waals surface area contributed by atoms with Crippen LogP contribution in [0.5, 0.6) is 5.75 Å². The molecule has 1 N–H and O–H groups in total. The zero-order valence-corrected chi connectivity index (χ0v) is 14.2. The summed E-state index contributed by atoms with van der Waals surface area (Å²) in [6, 6.07) is 12.5. The average Bonchev–Trinajstić information content (AvgIpc) is 2.53. The monoisotopic (exact) mass is 341 g/mol. The highest BCUT2D eigenvalue weighted by atomic mass is 16.6. The van der Waals surface area contributed by atoms with E-state index in [1.807, 2.05) is 0 Å². The Labute approximate surface area is 145 Å². The molecule has 0 aromatic heterocycles. The standard InChI is InChI=1S/C19H19NO5/c1-19(2,3)25-18(23)20-15-5-4-6-16(11-15)24-17(22)14-9-7-13(12-21)8-10-14/h4-12H,1-3H3,(H,20,23). The third kappa shape index (κ3) is 5.76. The number of hydrogen-bond donors (Lipinski definition) is 1. The molecule has 25 heavy (non-hydrogen) atoms. The molecule has 0 bridgehead atoms. The quantitative estimate of drug-likeness (QED) is 0.515. The first-order valence-corrected chi connectivity index (χ1v) is 7.64. The molecule has 0 unspecified atom stereocenters. The highest BCUT2D eigenvalue weighted by Gasteiger charge is 2.16. The van der Waals surface area contributed by atoms with Crippen molar-refractivity contribution in [3.8, 4) is 5.75 Å².